The van der Waals surface area contributed by atoms with Gasteiger partial charge >= 0.3 is 0 Å². The van der Waals surface area contributed by atoms with Crippen molar-refractivity contribution in [3.05, 3.63) is 94.5 Å². The van der Waals surface area contributed by atoms with Gasteiger partial charge in [0.15, 0.2) is 0 Å². The van der Waals surface area contributed by atoms with Crippen molar-refractivity contribution in [2.45, 2.75) is 5.92 Å². The van der Waals surface area contributed by atoms with E-state index in [1.54, 1.807) is 54.6 Å². The van der Waals surface area contributed by atoms with Crippen molar-refractivity contribution >= 4 is 12.6 Å². The van der Waals surface area contributed by atoms with Gasteiger partial charge in [0.2, 0.25) is 0 Å². The molecule has 1 atom stereocenters. The molecule has 3 rings (SSSR count). The molecule has 3 aromatic rings. The molecule has 0 radical (unpaired) electrons. The standard InChI is InChI=1S/C21H16O4/c22-12-14-2-1-3-17(10-14)21(16-5-7-18(24)8-6-16)19-11-15(13-23)4-9-20(19)25/h1-13,21,24-25H. The van der Waals surface area contributed by atoms with Gasteiger partial charge in [-0.15, -0.1) is 0 Å². The Labute approximate surface area is 145 Å². The van der Waals surface area contributed by atoms with Crippen LogP contribution in [0.4, 0.5) is 0 Å². The summed E-state index contributed by atoms with van der Waals surface area (Å²) < 4.78 is 0. The summed E-state index contributed by atoms with van der Waals surface area (Å²) in [7, 11) is 0. The highest BCUT2D eigenvalue weighted by molar-refractivity contribution is 5.77. The van der Waals surface area contributed by atoms with E-state index in [1.165, 1.54) is 6.07 Å². The van der Waals surface area contributed by atoms with Gasteiger partial charge in [0.25, 0.3) is 0 Å². The number of phenolic OH excluding ortho intramolecular Hbond substituents is 2. The number of benzene rings is 3. The number of carbonyl (C=O) groups is 2. The first-order valence-corrected chi connectivity index (χ1v) is 7.74. The number of phenols is 2. The fourth-order valence-electron chi connectivity index (χ4n) is 2.91. The third-order valence-corrected chi connectivity index (χ3v) is 4.11. The number of hydrogen-bond donors (Lipinski definition) is 2. The zero-order valence-corrected chi connectivity index (χ0v) is 13.3. The molecule has 0 aliphatic heterocycles. The predicted molar refractivity (Wildman–Crippen MR) is 94.4 cm³/mol. The van der Waals surface area contributed by atoms with Crippen LogP contribution in [-0.2, 0) is 0 Å². The fourth-order valence-corrected chi connectivity index (χ4v) is 2.91. The number of rotatable bonds is 5. The van der Waals surface area contributed by atoms with Gasteiger partial charge in [0, 0.05) is 22.6 Å². The highest BCUT2D eigenvalue weighted by Crippen LogP contribution is 2.37. The minimum Gasteiger partial charge on any atom is -0.508 e. The van der Waals surface area contributed by atoms with Gasteiger partial charge in [0.1, 0.15) is 24.1 Å². The summed E-state index contributed by atoms with van der Waals surface area (Å²) >= 11 is 0. The smallest absolute Gasteiger partial charge is 0.150 e. The number of aldehydes is 2. The largest absolute Gasteiger partial charge is 0.508 e. The molecule has 25 heavy (non-hydrogen) atoms. The van der Waals surface area contributed by atoms with Gasteiger partial charge in [-0.1, -0.05) is 30.3 Å². The van der Waals surface area contributed by atoms with Crippen LogP contribution in [0.15, 0.2) is 66.7 Å². The van der Waals surface area contributed by atoms with Crippen LogP contribution in [0.25, 0.3) is 0 Å². The highest BCUT2D eigenvalue weighted by Gasteiger charge is 2.21. The van der Waals surface area contributed by atoms with Crippen LogP contribution in [-0.4, -0.2) is 22.8 Å². The molecule has 3 aromatic carbocycles. The molecule has 2 N–H and O–H groups in total. The zero-order valence-electron chi connectivity index (χ0n) is 13.3. The summed E-state index contributed by atoms with van der Waals surface area (Å²) in [5, 5.41) is 19.9. The first kappa shape index (κ1) is 16.5. The second-order valence-electron chi connectivity index (χ2n) is 5.75. The first-order valence-electron chi connectivity index (χ1n) is 7.74. The monoisotopic (exact) mass is 332 g/mol. The fraction of sp³-hybridized carbons (Fsp3) is 0.0476. The Hall–Kier alpha value is -3.40. The van der Waals surface area contributed by atoms with Gasteiger partial charge in [-0.3, -0.25) is 9.59 Å². The van der Waals surface area contributed by atoms with Crippen LogP contribution in [0.3, 0.4) is 0 Å². The van der Waals surface area contributed by atoms with Crippen LogP contribution < -0.4 is 0 Å². The topological polar surface area (TPSA) is 74.6 Å². The van der Waals surface area contributed by atoms with Gasteiger partial charge in [-0.25, -0.2) is 0 Å². The van der Waals surface area contributed by atoms with E-state index in [2.05, 4.69) is 0 Å². The molecule has 0 aromatic heterocycles. The van der Waals surface area contributed by atoms with Crippen LogP contribution in [0.2, 0.25) is 0 Å². The van der Waals surface area contributed by atoms with E-state index < -0.39 is 0 Å². The molecular weight excluding hydrogens is 316 g/mol. The number of carbonyl (C=O) groups excluding carboxylic acids is 2. The molecule has 4 heteroatoms. The Morgan fingerprint density at radius 3 is 2.08 bits per heavy atom. The minimum atomic E-state index is -0.389. The normalized spacial score (nSPS) is 11.7. The first-order chi connectivity index (χ1) is 12.1. The predicted octanol–water partition coefficient (Wildman–Crippen LogP) is 3.90. The molecule has 0 spiro atoms. The quantitative estimate of drug-likeness (QED) is 0.549. The Bertz CT molecular complexity index is 913. The lowest BCUT2D eigenvalue weighted by Gasteiger charge is -2.20. The summed E-state index contributed by atoms with van der Waals surface area (Å²) in [6.45, 7) is 0. The summed E-state index contributed by atoms with van der Waals surface area (Å²) in [4.78, 5) is 22.3. The maximum Gasteiger partial charge on any atom is 0.150 e. The zero-order chi connectivity index (χ0) is 17.8. The maximum atomic E-state index is 11.1. The van der Waals surface area contributed by atoms with Gasteiger partial charge in [-0.2, -0.15) is 0 Å². The molecule has 124 valence electrons. The second kappa shape index (κ2) is 7.01. The molecule has 0 aliphatic carbocycles. The van der Waals surface area contributed by atoms with Crippen molar-refractivity contribution in [1.29, 1.82) is 0 Å². The Kier molecular flexibility index (Phi) is 4.61. The number of hydrogen-bond acceptors (Lipinski definition) is 4. The van der Waals surface area contributed by atoms with E-state index in [1.807, 2.05) is 6.07 Å². The maximum absolute atomic E-state index is 11.1. The Morgan fingerprint density at radius 2 is 1.40 bits per heavy atom. The lowest BCUT2D eigenvalue weighted by molar-refractivity contribution is 0.111. The van der Waals surface area contributed by atoms with Crippen molar-refractivity contribution in [2.24, 2.45) is 0 Å². The van der Waals surface area contributed by atoms with E-state index >= 15 is 0 Å². The summed E-state index contributed by atoms with van der Waals surface area (Å²) in [6.07, 6.45) is 1.48. The van der Waals surface area contributed by atoms with Crippen molar-refractivity contribution in [2.75, 3.05) is 0 Å². The Morgan fingerprint density at radius 1 is 0.720 bits per heavy atom. The molecule has 0 aliphatic rings. The molecule has 4 nitrogen and oxygen atoms in total. The summed E-state index contributed by atoms with van der Waals surface area (Å²) in [5.74, 6) is -0.199. The summed E-state index contributed by atoms with van der Waals surface area (Å²) in [5.41, 5.74) is 3.14. The third kappa shape index (κ3) is 3.43. The lowest BCUT2D eigenvalue weighted by Crippen LogP contribution is -2.05. The molecule has 0 amide bonds. The molecule has 0 heterocycles. The molecular formula is C21H16O4. The SMILES string of the molecule is O=Cc1cccc(C(c2ccc(O)cc2)c2cc(C=O)ccc2O)c1. The van der Waals surface area contributed by atoms with E-state index in [9.17, 15) is 19.8 Å². The molecule has 0 saturated carbocycles. The average molecular weight is 332 g/mol. The Balaban J connectivity index is 2.23. The van der Waals surface area contributed by atoms with Crippen LogP contribution >= 0.6 is 0 Å². The second-order valence-corrected chi connectivity index (χ2v) is 5.75. The van der Waals surface area contributed by atoms with Crippen molar-refractivity contribution in [3.8, 4) is 11.5 Å². The van der Waals surface area contributed by atoms with Crippen molar-refractivity contribution in [1.82, 2.24) is 0 Å². The van der Waals surface area contributed by atoms with E-state index in [-0.39, 0.29) is 17.4 Å². The van der Waals surface area contributed by atoms with Gasteiger partial charge < -0.3 is 10.2 Å². The third-order valence-electron chi connectivity index (χ3n) is 4.11. The summed E-state index contributed by atoms with van der Waals surface area (Å²) in [6, 6.07) is 18.4. The molecule has 1 unspecified atom stereocenters. The van der Waals surface area contributed by atoms with Crippen molar-refractivity contribution in [3.63, 3.8) is 0 Å². The molecule has 0 bridgehead atoms. The number of aromatic hydroxyl groups is 2. The minimum absolute atomic E-state index is 0.0557. The van der Waals surface area contributed by atoms with Crippen LogP contribution in [0, 0.1) is 0 Å². The van der Waals surface area contributed by atoms with Crippen LogP contribution in [0.5, 0.6) is 11.5 Å². The average Bonchev–Trinajstić information content (AvgIpc) is 2.65. The van der Waals surface area contributed by atoms with E-state index in [0.29, 0.717) is 16.7 Å². The highest BCUT2D eigenvalue weighted by atomic mass is 16.3. The van der Waals surface area contributed by atoms with Gasteiger partial charge in [-0.05, 0) is 47.5 Å². The van der Waals surface area contributed by atoms with Crippen molar-refractivity contribution < 1.29 is 19.8 Å². The van der Waals surface area contributed by atoms with Crippen LogP contribution in [0.1, 0.15) is 43.3 Å². The lowest BCUT2D eigenvalue weighted by atomic mass is 9.83. The molecule has 0 saturated heterocycles. The molecule has 0 fully saturated rings. The van der Waals surface area contributed by atoms with E-state index in [4.69, 9.17) is 0 Å². The van der Waals surface area contributed by atoms with Gasteiger partial charge in [0.05, 0.1) is 0 Å². The van der Waals surface area contributed by atoms with E-state index in [0.717, 1.165) is 23.7 Å².